The monoisotopic (exact) mass is 323 g/mol. The molecule has 2 rings (SSSR count). The van der Waals surface area contributed by atoms with Crippen molar-refractivity contribution in [1.82, 2.24) is 0 Å². The van der Waals surface area contributed by atoms with Crippen LogP contribution in [0.15, 0.2) is 42.5 Å². The van der Waals surface area contributed by atoms with E-state index in [4.69, 9.17) is 9.84 Å². The van der Waals surface area contributed by atoms with Crippen molar-refractivity contribution in [1.29, 1.82) is 0 Å². The van der Waals surface area contributed by atoms with E-state index in [9.17, 15) is 8.78 Å². The molecule has 2 aromatic rings. The van der Waals surface area contributed by atoms with E-state index in [1.54, 1.807) is 12.1 Å². The SMILES string of the molecule is COc1ccc(OC(F)F)c(CNc2ccc(CCO)cc2)c1. The van der Waals surface area contributed by atoms with E-state index in [0.29, 0.717) is 24.3 Å². The summed E-state index contributed by atoms with van der Waals surface area (Å²) < 4.78 is 34.6. The van der Waals surface area contributed by atoms with Gasteiger partial charge < -0.3 is 19.9 Å². The van der Waals surface area contributed by atoms with Gasteiger partial charge in [-0.15, -0.1) is 0 Å². The maximum absolute atomic E-state index is 12.5. The molecule has 0 fully saturated rings. The molecule has 0 aromatic heterocycles. The number of hydrogen-bond acceptors (Lipinski definition) is 4. The molecule has 124 valence electrons. The number of ether oxygens (including phenoxy) is 2. The Labute approximate surface area is 133 Å². The van der Waals surface area contributed by atoms with Crippen molar-refractivity contribution in [3.63, 3.8) is 0 Å². The van der Waals surface area contributed by atoms with Gasteiger partial charge >= 0.3 is 6.61 Å². The van der Waals surface area contributed by atoms with Crippen LogP contribution in [0.4, 0.5) is 14.5 Å². The summed E-state index contributed by atoms with van der Waals surface area (Å²) in [4.78, 5) is 0. The highest BCUT2D eigenvalue weighted by atomic mass is 19.3. The molecule has 2 aromatic carbocycles. The first kappa shape index (κ1) is 17.0. The Morgan fingerprint density at radius 3 is 2.48 bits per heavy atom. The predicted molar refractivity (Wildman–Crippen MR) is 84.2 cm³/mol. The first-order valence-corrected chi connectivity index (χ1v) is 7.17. The third kappa shape index (κ3) is 5.10. The molecule has 23 heavy (non-hydrogen) atoms. The average Bonchev–Trinajstić information content (AvgIpc) is 2.55. The third-order valence-electron chi connectivity index (χ3n) is 3.32. The second kappa shape index (κ2) is 8.33. The van der Waals surface area contributed by atoms with E-state index in [0.717, 1.165) is 11.3 Å². The van der Waals surface area contributed by atoms with Crippen molar-refractivity contribution in [2.45, 2.75) is 19.6 Å². The van der Waals surface area contributed by atoms with E-state index in [1.165, 1.54) is 13.2 Å². The molecule has 0 aliphatic rings. The van der Waals surface area contributed by atoms with Crippen LogP contribution >= 0.6 is 0 Å². The fraction of sp³-hybridized carbons (Fsp3) is 0.294. The van der Waals surface area contributed by atoms with Gasteiger partial charge in [-0.2, -0.15) is 8.78 Å². The Bertz CT molecular complexity index is 618. The van der Waals surface area contributed by atoms with Gasteiger partial charge in [0.1, 0.15) is 11.5 Å². The van der Waals surface area contributed by atoms with Crippen LogP contribution in [0, 0.1) is 0 Å². The minimum atomic E-state index is -2.88. The van der Waals surface area contributed by atoms with Crippen molar-refractivity contribution in [2.24, 2.45) is 0 Å². The highest BCUT2D eigenvalue weighted by molar-refractivity contribution is 5.48. The van der Waals surface area contributed by atoms with Crippen LogP contribution < -0.4 is 14.8 Å². The largest absolute Gasteiger partial charge is 0.497 e. The fourth-order valence-electron chi connectivity index (χ4n) is 2.15. The number of halogens is 2. The van der Waals surface area contributed by atoms with Crippen molar-refractivity contribution in [2.75, 3.05) is 19.0 Å². The number of anilines is 1. The lowest BCUT2D eigenvalue weighted by atomic mass is 10.1. The van der Waals surface area contributed by atoms with Crippen LogP contribution in [0.1, 0.15) is 11.1 Å². The number of benzene rings is 2. The smallest absolute Gasteiger partial charge is 0.387 e. The second-order valence-corrected chi connectivity index (χ2v) is 4.88. The molecule has 2 N–H and O–H groups in total. The van der Waals surface area contributed by atoms with Crippen molar-refractivity contribution in [3.8, 4) is 11.5 Å². The molecule has 0 aliphatic carbocycles. The zero-order valence-electron chi connectivity index (χ0n) is 12.8. The summed E-state index contributed by atoms with van der Waals surface area (Å²) in [5.41, 5.74) is 2.45. The van der Waals surface area contributed by atoms with E-state index >= 15 is 0 Å². The normalized spacial score (nSPS) is 10.7. The van der Waals surface area contributed by atoms with Crippen molar-refractivity contribution >= 4 is 5.69 Å². The van der Waals surface area contributed by atoms with Crippen LogP contribution in [0.25, 0.3) is 0 Å². The molecule has 4 nitrogen and oxygen atoms in total. The number of rotatable bonds is 8. The van der Waals surface area contributed by atoms with Gasteiger partial charge in [-0.25, -0.2) is 0 Å². The van der Waals surface area contributed by atoms with Gasteiger partial charge in [0.25, 0.3) is 0 Å². The van der Waals surface area contributed by atoms with Crippen LogP contribution in [0.5, 0.6) is 11.5 Å². The highest BCUT2D eigenvalue weighted by Gasteiger charge is 2.11. The summed E-state index contributed by atoms with van der Waals surface area (Å²) in [6.45, 7) is -2.45. The van der Waals surface area contributed by atoms with Gasteiger partial charge in [0.2, 0.25) is 0 Å². The third-order valence-corrected chi connectivity index (χ3v) is 3.32. The van der Waals surface area contributed by atoms with E-state index in [-0.39, 0.29) is 12.4 Å². The van der Waals surface area contributed by atoms with Crippen LogP contribution in [-0.4, -0.2) is 25.4 Å². The maximum Gasteiger partial charge on any atom is 0.387 e. The molecule has 0 amide bonds. The van der Waals surface area contributed by atoms with Crippen LogP contribution in [0.2, 0.25) is 0 Å². The summed E-state index contributed by atoms with van der Waals surface area (Å²) >= 11 is 0. The lowest BCUT2D eigenvalue weighted by Gasteiger charge is -2.14. The summed E-state index contributed by atoms with van der Waals surface area (Å²) in [6, 6.07) is 12.3. The van der Waals surface area contributed by atoms with Crippen LogP contribution in [0.3, 0.4) is 0 Å². The molecule has 0 radical (unpaired) electrons. The van der Waals surface area contributed by atoms with Crippen molar-refractivity contribution < 1.29 is 23.4 Å². The van der Waals surface area contributed by atoms with E-state index in [2.05, 4.69) is 10.1 Å². The highest BCUT2D eigenvalue weighted by Crippen LogP contribution is 2.26. The minimum Gasteiger partial charge on any atom is -0.497 e. The summed E-state index contributed by atoms with van der Waals surface area (Å²) in [6.07, 6.45) is 0.600. The first-order valence-electron chi connectivity index (χ1n) is 7.17. The Kier molecular flexibility index (Phi) is 6.17. The van der Waals surface area contributed by atoms with E-state index in [1.807, 2.05) is 24.3 Å². The molecule has 0 aliphatic heterocycles. The van der Waals surface area contributed by atoms with E-state index < -0.39 is 6.61 Å². The Morgan fingerprint density at radius 2 is 1.87 bits per heavy atom. The fourth-order valence-corrected chi connectivity index (χ4v) is 2.15. The minimum absolute atomic E-state index is 0.102. The number of aliphatic hydroxyl groups excluding tert-OH is 1. The molecule has 6 heteroatoms. The topological polar surface area (TPSA) is 50.7 Å². The quantitative estimate of drug-likeness (QED) is 0.781. The van der Waals surface area contributed by atoms with Gasteiger partial charge in [-0.1, -0.05) is 12.1 Å². The Morgan fingerprint density at radius 1 is 1.13 bits per heavy atom. The summed E-state index contributed by atoms with van der Waals surface area (Å²) in [5.74, 6) is 0.687. The van der Waals surface area contributed by atoms with Gasteiger partial charge in [-0.05, 0) is 42.3 Å². The number of methoxy groups -OCH3 is 1. The van der Waals surface area contributed by atoms with Gasteiger partial charge in [0.15, 0.2) is 0 Å². The number of aliphatic hydroxyl groups is 1. The van der Waals surface area contributed by atoms with Gasteiger partial charge in [0.05, 0.1) is 7.11 Å². The number of hydrogen-bond donors (Lipinski definition) is 2. The lowest BCUT2D eigenvalue weighted by molar-refractivity contribution is -0.0504. The Hall–Kier alpha value is -2.34. The predicted octanol–water partition coefficient (Wildman–Crippen LogP) is 3.44. The lowest BCUT2D eigenvalue weighted by Crippen LogP contribution is -2.07. The van der Waals surface area contributed by atoms with Crippen LogP contribution in [-0.2, 0) is 13.0 Å². The Balaban J connectivity index is 2.08. The molecular formula is C17H19F2NO3. The molecule has 0 saturated heterocycles. The zero-order chi connectivity index (χ0) is 16.7. The van der Waals surface area contributed by atoms with Gasteiger partial charge in [0, 0.05) is 24.4 Å². The molecule has 0 atom stereocenters. The zero-order valence-corrected chi connectivity index (χ0v) is 12.8. The molecular weight excluding hydrogens is 304 g/mol. The summed E-state index contributed by atoms with van der Waals surface area (Å²) in [7, 11) is 1.51. The second-order valence-electron chi connectivity index (χ2n) is 4.88. The molecule has 0 spiro atoms. The molecule has 0 saturated carbocycles. The molecule has 0 bridgehead atoms. The van der Waals surface area contributed by atoms with Gasteiger partial charge in [-0.3, -0.25) is 0 Å². The number of nitrogens with one attached hydrogen (secondary N) is 1. The van der Waals surface area contributed by atoms with Crippen molar-refractivity contribution in [3.05, 3.63) is 53.6 Å². The molecule has 0 unspecified atom stereocenters. The number of alkyl halides is 2. The first-order chi connectivity index (χ1) is 11.1. The average molecular weight is 323 g/mol. The standard InChI is InChI=1S/C17H19F2NO3/c1-22-15-6-7-16(23-17(18)19)13(10-15)11-20-14-4-2-12(3-5-14)8-9-21/h2-7,10,17,20-21H,8-9,11H2,1H3. The summed E-state index contributed by atoms with van der Waals surface area (Å²) in [5, 5.41) is 12.0. The maximum atomic E-state index is 12.5. The molecule has 0 heterocycles.